The van der Waals surface area contributed by atoms with E-state index in [-0.39, 0.29) is 0 Å². The molecule has 0 bridgehead atoms. The van der Waals surface area contributed by atoms with Crippen LogP contribution >= 0.6 is 7.80 Å². The Hall–Kier alpha value is -1.46. The van der Waals surface area contributed by atoms with E-state index in [1.54, 1.807) is 0 Å². The molecule has 2 aromatic carbocycles. The van der Waals surface area contributed by atoms with E-state index in [1.807, 2.05) is 62.4 Å². The van der Waals surface area contributed by atoms with Crippen LogP contribution in [0.4, 0.5) is 0 Å². The Morgan fingerprint density at radius 2 is 1.12 bits per heavy atom. The van der Waals surface area contributed by atoms with Crippen molar-refractivity contribution in [2.24, 2.45) is 0 Å². The molecular weight excluding hydrogens is 215 g/mol. The van der Waals surface area contributed by atoms with Gasteiger partial charge in [0, 0.05) is 11.1 Å². The van der Waals surface area contributed by atoms with Crippen LogP contribution in [0.1, 0.15) is 11.1 Å². The zero-order valence-corrected chi connectivity index (χ0v) is 10.4. The molecule has 0 atom stereocenters. The minimum Gasteiger partial charge on any atom is -0.0617 e. The second-order valence-electron chi connectivity index (χ2n) is 3.87. The van der Waals surface area contributed by atoms with E-state index in [0.29, 0.717) is 0 Å². The Balaban J connectivity index is 2.48. The fourth-order valence-electron chi connectivity index (χ4n) is 1.71. The van der Waals surface area contributed by atoms with Gasteiger partial charge in [0.1, 0.15) is 0 Å². The van der Waals surface area contributed by atoms with Crippen LogP contribution in [-0.2, 0) is 4.57 Å². The largest absolute Gasteiger partial charge is 0.415 e. The average Bonchev–Trinajstić information content (AvgIpc) is 2.29. The monoisotopic (exact) mass is 229 g/mol. The second-order valence-corrected chi connectivity index (χ2v) is 5.42. The van der Waals surface area contributed by atoms with Gasteiger partial charge in [-0.2, -0.15) is 0 Å². The summed E-state index contributed by atoms with van der Waals surface area (Å²) in [6, 6.07) is 15.7. The van der Waals surface area contributed by atoms with Gasteiger partial charge in [0.2, 0.25) is 0 Å². The maximum atomic E-state index is 12.4. The highest BCUT2D eigenvalue weighted by molar-refractivity contribution is 7.61. The lowest BCUT2D eigenvalue weighted by Gasteiger charge is -1.96. The molecule has 0 heterocycles. The van der Waals surface area contributed by atoms with Crippen molar-refractivity contribution in [2.45, 2.75) is 13.8 Å². The quantitative estimate of drug-likeness (QED) is 0.723. The van der Waals surface area contributed by atoms with E-state index < -0.39 is 7.80 Å². The van der Waals surface area contributed by atoms with Crippen molar-refractivity contribution in [3.63, 3.8) is 0 Å². The van der Waals surface area contributed by atoms with Gasteiger partial charge in [-0.25, -0.2) is 0 Å². The molecule has 0 spiro atoms. The molecule has 0 unspecified atom stereocenters. The molecular formula is C14H14OP+. The molecule has 2 heteroatoms. The highest BCUT2D eigenvalue weighted by atomic mass is 31.1. The Morgan fingerprint density at radius 1 is 0.750 bits per heavy atom. The van der Waals surface area contributed by atoms with Gasteiger partial charge in [-0.3, -0.25) is 0 Å². The molecule has 1 nitrogen and oxygen atoms in total. The lowest BCUT2D eigenvalue weighted by molar-refractivity contribution is 0.598. The molecule has 0 aliphatic carbocycles. The van der Waals surface area contributed by atoms with Crippen LogP contribution in [0.5, 0.6) is 0 Å². The average molecular weight is 229 g/mol. The summed E-state index contributed by atoms with van der Waals surface area (Å²) < 4.78 is 12.4. The van der Waals surface area contributed by atoms with Gasteiger partial charge in [0.05, 0.1) is 0 Å². The number of hydrogen-bond donors (Lipinski definition) is 0. The minimum atomic E-state index is -1.46. The van der Waals surface area contributed by atoms with Crippen LogP contribution in [0.15, 0.2) is 48.5 Å². The lowest BCUT2D eigenvalue weighted by atomic mass is 10.2. The molecule has 0 aliphatic rings. The number of rotatable bonds is 2. The van der Waals surface area contributed by atoms with Crippen molar-refractivity contribution in [1.82, 2.24) is 0 Å². The smallest absolute Gasteiger partial charge is 0.0617 e. The fraction of sp³-hybridized carbons (Fsp3) is 0.143. The molecule has 16 heavy (non-hydrogen) atoms. The maximum Gasteiger partial charge on any atom is 0.415 e. The van der Waals surface area contributed by atoms with Gasteiger partial charge in [-0.1, -0.05) is 41.0 Å². The molecule has 0 amide bonds. The molecule has 0 saturated heterocycles. The van der Waals surface area contributed by atoms with Gasteiger partial charge in [-0.05, 0) is 26.0 Å². The van der Waals surface area contributed by atoms with Gasteiger partial charge in [0.15, 0.2) is 10.6 Å². The van der Waals surface area contributed by atoms with Crippen LogP contribution in [0, 0.1) is 13.8 Å². The maximum absolute atomic E-state index is 12.4. The normalized spacial score (nSPS) is 10.1. The van der Waals surface area contributed by atoms with E-state index in [2.05, 4.69) is 0 Å². The van der Waals surface area contributed by atoms with Crippen molar-refractivity contribution in [3.05, 3.63) is 59.7 Å². The third-order valence-electron chi connectivity index (χ3n) is 2.67. The first-order valence-corrected chi connectivity index (χ1v) is 6.54. The highest BCUT2D eigenvalue weighted by Crippen LogP contribution is 2.22. The lowest BCUT2D eigenvalue weighted by Crippen LogP contribution is -2.11. The molecule has 0 aliphatic heterocycles. The van der Waals surface area contributed by atoms with E-state index in [4.69, 9.17) is 0 Å². The van der Waals surface area contributed by atoms with Gasteiger partial charge < -0.3 is 0 Å². The summed E-state index contributed by atoms with van der Waals surface area (Å²) in [7, 11) is -1.46. The Bertz CT molecular complexity index is 484. The fourth-order valence-corrected chi connectivity index (χ4v) is 3.20. The molecule has 0 N–H and O–H groups in total. The van der Waals surface area contributed by atoms with Crippen LogP contribution in [0.3, 0.4) is 0 Å². The number of hydrogen-bond acceptors (Lipinski definition) is 1. The predicted molar refractivity (Wildman–Crippen MR) is 69.2 cm³/mol. The second kappa shape index (κ2) is 4.59. The van der Waals surface area contributed by atoms with Crippen molar-refractivity contribution in [3.8, 4) is 0 Å². The zero-order valence-electron chi connectivity index (χ0n) is 9.47. The molecule has 0 radical (unpaired) electrons. The third-order valence-corrected chi connectivity index (χ3v) is 4.55. The number of aryl methyl sites for hydroxylation is 2. The predicted octanol–water partition coefficient (Wildman–Crippen LogP) is 3.08. The first kappa shape index (κ1) is 11.0. The highest BCUT2D eigenvalue weighted by Gasteiger charge is 2.26. The van der Waals surface area contributed by atoms with E-state index >= 15 is 0 Å². The van der Waals surface area contributed by atoms with Crippen molar-refractivity contribution >= 4 is 18.4 Å². The Kier molecular flexibility index (Phi) is 3.17. The summed E-state index contributed by atoms with van der Waals surface area (Å²) in [5.41, 5.74) is 2.18. The van der Waals surface area contributed by atoms with E-state index in [0.717, 1.165) is 21.7 Å². The molecule has 80 valence electrons. The minimum absolute atomic E-state index is 0.937. The molecule has 2 rings (SSSR count). The molecule has 0 aromatic heterocycles. The summed E-state index contributed by atoms with van der Waals surface area (Å²) in [6.45, 7) is 4.00. The van der Waals surface area contributed by atoms with Crippen molar-refractivity contribution in [1.29, 1.82) is 0 Å². The van der Waals surface area contributed by atoms with Crippen molar-refractivity contribution in [2.75, 3.05) is 0 Å². The van der Waals surface area contributed by atoms with Crippen LogP contribution in [0.25, 0.3) is 0 Å². The number of benzene rings is 2. The van der Waals surface area contributed by atoms with Gasteiger partial charge in [0.25, 0.3) is 0 Å². The summed E-state index contributed by atoms with van der Waals surface area (Å²) in [5.74, 6) is 0. The molecule has 0 fully saturated rings. The van der Waals surface area contributed by atoms with Crippen LogP contribution in [0.2, 0.25) is 0 Å². The molecule has 2 aromatic rings. The van der Waals surface area contributed by atoms with Crippen LogP contribution < -0.4 is 10.6 Å². The zero-order chi connectivity index (χ0) is 11.5. The van der Waals surface area contributed by atoms with E-state index in [1.165, 1.54) is 0 Å². The summed E-state index contributed by atoms with van der Waals surface area (Å²) in [4.78, 5) is 0. The first-order valence-electron chi connectivity index (χ1n) is 5.28. The van der Waals surface area contributed by atoms with Gasteiger partial charge in [-0.15, -0.1) is 0 Å². The standard InChI is InChI=1S/C14H14OP/c1-11-7-3-5-9-13(11)16(15)14-10-6-4-8-12(14)2/h3-10H,1-2H3/q+1. The SMILES string of the molecule is Cc1ccccc1[P+](=O)c1ccccc1C. The van der Waals surface area contributed by atoms with Crippen LogP contribution in [-0.4, -0.2) is 0 Å². The Labute approximate surface area is 96.9 Å². The third kappa shape index (κ3) is 2.05. The van der Waals surface area contributed by atoms with Gasteiger partial charge >= 0.3 is 7.80 Å². The summed E-state index contributed by atoms with van der Waals surface area (Å²) in [6.07, 6.45) is 0. The first-order chi connectivity index (χ1) is 7.70. The topological polar surface area (TPSA) is 17.1 Å². The Morgan fingerprint density at radius 3 is 1.50 bits per heavy atom. The molecule has 0 saturated carbocycles. The van der Waals surface area contributed by atoms with Crippen molar-refractivity contribution < 1.29 is 4.57 Å². The summed E-state index contributed by atoms with van der Waals surface area (Å²) >= 11 is 0. The van der Waals surface area contributed by atoms with E-state index in [9.17, 15) is 4.57 Å². The summed E-state index contributed by atoms with van der Waals surface area (Å²) in [5, 5.41) is 1.87.